The Bertz CT molecular complexity index is 1530. The first-order valence-corrected chi connectivity index (χ1v) is 13.8. The lowest BCUT2D eigenvalue weighted by Crippen LogP contribution is -2.31. The number of Topliss-reactive ketones (excluding diaryl/α,β-unsaturated/α-hetero) is 2. The van der Waals surface area contributed by atoms with E-state index < -0.39 is 28.7 Å². The zero-order valence-electron chi connectivity index (χ0n) is 22.6. The van der Waals surface area contributed by atoms with Crippen LogP contribution < -0.4 is 0 Å². The van der Waals surface area contributed by atoms with E-state index in [1.54, 1.807) is 48.5 Å². The van der Waals surface area contributed by atoms with Crippen LogP contribution in [-0.4, -0.2) is 41.1 Å². The molecule has 1 aliphatic carbocycles. The fourth-order valence-electron chi connectivity index (χ4n) is 5.11. The van der Waals surface area contributed by atoms with Gasteiger partial charge in [0.2, 0.25) is 23.1 Å². The normalized spacial score (nSPS) is 15.8. The second-order valence-corrected chi connectivity index (χ2v) is 10.5. The molecule has 0 amide bonds. The molecular weight excluding hydrogens is 567 g/mol. The SMILES string of the molecule is COC(=C(O)C(=O)c1ccc(C2(O)CCCCC2)c(C(=O)C(O)=C(OC)c2ccccc2Cl)c1)c1ccccc1Cl. The van der Waals surface area contributed by atoms with Gasteiger partial charge >= 0.3 is 0 Å². The lowest BCUT2D eigenvalue weighted by Gasteiger charge is -2.34. The number of aliphatic hydroxyl groups excluding tert-OH is 2. The first-order chi connectivity index (χ1) is 19.6. The van der Waals surface area contributed by atoms with E-state index in [1.807, 2.05) is 0 Å². The third-order valence-corrected chi connectivity index (χ3v) is 7.87. The van der Waals surface area contributed by atoms with Crippen molar-refractivity contribution in [2.24, 2.45) is 0 Å². The summed E-state index contributed by atoms with van der Waals surface area (Å²) >= 11 is 12.6. The van der Waals surface area contributed by atoms with Gasteiger partial charge in [0.15, 0.2) is 11.5 Å². The van der Waals surface area contributed by atoms with Crippen molar-refractivity contribution in [3.05, 3.63) is 116 Å². The molecule has 1 saturated carbocycles. The van der Waals surface area contributed by atoms with Crippen LogP contribution in [0.3, 0.4) is 0 Å². The number of hydrogen-bond acceptors (Lipinski definition) is 7. The largest absolute Gasteiger partial charge is 0.502 e. The number of hydrogen-bond donors (Lipinski definition) is 3. The average molecular weight is 597 g/mol. The van der Waals surface area contributed by atoms with Crippen molar-refractivity contribution in [2.75, 3.05) is 14.2 Å². The first kappa shape index (κ1) is 30.2. The molecular formula is C32H30Cl2O7. The van der Waals surface area contributed by atoms with Crippen molar-refractivity contribution >= 4 is 46.3 Å². The molecule has 0 unspecified atom stereocenters. The van der Waals surface area contributed by atoms with Gasteiger partial charge in [-0.2, -0.15) is 0 Å². The second-order valence-electron chi connectivity index (χ2n) is 9.73. The predicted octanol–water partition coefficient (Wildman–Crippen LogP) is 7.66. The molecule has 41 heavy (non-hydrogen) atoms. The summed E-state index contributed by atoms with van der Waals surface area (Å²) in [4.78, 5) is 27.3. The van der Waals surface area contributed by atoms with Gasteiger partial charge in [0.05, 0.1) is 29.9 Å². The maximum absolute atomic E-state index is 13.9. The number of allylic oxidation sites excluding steroid dienone is 2. The molecule has 4 rings (SSSR count). The van der Waals surface area contributed by atoms with E-state index in [9.17, 15) is 24.9 Å². The highest BCUT2D eigenvalue weighted by molar-refractivity contribution is 6.33. The maximum Gasteiger partial charge on any atom is 0.231 e. The first-order valence-electron chi connectivity index (χ1n) is 13.0. The number of carbonyl (C=O) groups excluding carboxylic acids is 2. The minimum absolute atomic E-state index is 0.0693. The predicted molar refractivity (Wildman–Crippen MR) is 158 cm³/mol. The summed E-state index contributed by atoms with van der Waals surface area (Å²) in [6, 6.07) is 17.2. The molecule has 1 aliphatic rings. The van der Waals surface area contributed by atoms with Crippen LogP contribution in [0.4, 0.5) is 0 Å². The number of aliphatic hydroxyl groups is 3. The van der Waals surface area contributed by atoms with Gasteiger partial charge in [-0.25, -0.2) is 0 Å². The Labute approximate surface area is 248 Å². The molecule has 0 aromatic heterocycles. The van der Waals surface area contributed by atoms with Crippen LogP contribution in [0.1, 0.15) is 69.5 Å². The third-order valence-electron chi connectivity index (χ3n) is 7.21. The number of rotatable bonds is 9. The van der Waals surface area contributed by atoms with E-state index in [2.05, 4.69) is 0 Å². The van der Waals surface area contributed by atoms with E-state index in [-0.39, 0.29) is 43.8 Å². The van der Waals surface area contributed by atoms with Gasteiger partial charge in [-0.05, 0) is 48.7 Å². The Morgan fingerprint density at radius 3 is 1.68 bits per heavy atom. The van der Waals surface area contributed by atoms with Gasteiger partial charge in [0.1, 0.15) is 0 Å². The van der Waals surface area contributed by atoms with Crippen LogP contribution in [0.5, 0.6) is 0 Å². The highest BCUT2D eigenvalue weighted by Gasteiger charge is 2.36. The maximum atomic E-state index is 13.9. The number of ether oxygens (including phenoxy) is 2. The van der Waals surface area contributed by atoms with Crippen molar-refractivity contribution in [3.63, 3.8) is 0 Å². The molecule has 3 aromatic carbocycles. The molecule has 7 nitrogen and oxygen atoms in total. The Morgan fingerprint density at radius 1 is 0.707 bits per heavy atom. The van der Waals surface area contributed by atoms with E-state index in [0.29, 0.717) is 18.4 Å². The fraction of sp³-hybridized carbons (Fsp3) is 0.250. The third kappa shape index (κ3) is 6.12. The van der Waals surface area contributed by atoms with Gasteiger partial charge in [0.25, 0.3) is 0 Å². The highest BCUT2D eigenvalue weighted by atomic mass is 35.5. The summed E-state index contributed by atoms with van der Waals surface area (Å²) in [5.74, 6) is -3.52. The number of benzene rings is 3. The zero-order chi connectivity index (χ0) is 29.7. The second kappa shape index (κ2) is 12.8. The molecule has 3 N–H and O–H groups in total. The molecule has 9 heteroatoms. The topological polar surface area (TPSA) is 113 Å². The lowest BCUT2D eigenvalue weighted by molar-refractivity contribution is -0.00135. The summed E-state index contributed by atoms with van der Waals surface area (Å²) in [6.45, 7) is 0. The molecule has 0 radical (unpaired) electrons. The van der Waals surface area contributed by atoms with E-state index in [1.165, 1.54) is 32.4 Å². The molecule has 1 fully saturated rings. The lowest BCUT2D eigenvalue weighted by atomic mass is 9.76. The Kier molecular flexibility index (Phi) is 9.43. The average Bonchev–Trinajstić information content (AvgIpc) is 2.99. The Morgan fingerprint density at radius 2 is 1.20 bits per heavy atom. The standard InChI is InChI=1S/C32H30Cl2O7/c1-40-30(20-10-4-6-12-24(20)33)28(37)26(35)19-14-15-23(32(39)16-8-3-9-17-32)22(18-19)27(36)29(38)31(41-2)21-11-5-7-13-25(21)34/h4-7,10-15,18,37-39H,3,8-9,16-17H2,1-2H3. The van der Waals surface area contributed by atoms with Gasteiger partial charge in [-0.15, -0.1) is 0 Å². The summed E-state index contributed by atoms with van der Waals surface area (Å²) in [7, 11) is 2.59. The molecule has 0 bridgehead atoms. The van der Waals surface area contributed by atoms with Gasteiger partial charge in [-0.3, -0.25) is 9.59 Å². The van der Waals surface area contributed by atoms with Crippen LogP contribution in [0.2, 0.25) is 10.0 Å². The minimum Gasteiger partial charge on any atom is -0.502 e. The fourth-order valence-corrected chi connectivity index (χ4v) is 5.56. The van der Waals surface area contributed by atoms with Crippen molar-refractivity contribution in [3.8, 4) is 0 Å². The molecule has 3 aromatic rings. The van der Waals surface area contributed by atoms with Gasteiger partial charge in [0, 0.05) is 22.3 Å². The molecule has 0 atom stereocenters. The number of carbonyl (C=O) groups is 2. The van der Waals surface area contributed by atoms with Crippen LogP contribution in [-0.2, 0) is 15.1 Å². The van der Waals surface area contributed by atoms with Crippen LogP contribution in [0.15, 0.2) is 78.2 Å². The summed E-state index contributed by atoms with van der Waals surface area (Å²) in [5.41, 5.74) is -0.671. The van der Waals surface area contributed by atoms with E-state index in [0.717, 1.165) is 19.3 Å². The van der Waals surface area contributed by atoms with Crippen molar-refractivity contribution in [1.29, 1.82) is 0 Å². The molecule has 0 aliphatic heterocycles. The summed E-state index contributed by atoms with van der Waals surface area (Å²) in [5, 5.41) is 34.2. The van der Waals surface area contributed by atoms with Crippen molar-refractivity contribution in [1.82, 2.24) is 0 Å². The van der Waals surface area contributed by atoms with E-state index in [4.69, 9.17) is 32.7 Å². The summed E-state index contributed by atoms with van der Waals surface area (Å²) in [6.07, 6.45) is 3.23. The van der Waals surface area contributed by atoms with Crippen molar-refractivity contribution in [2.45, 2.75) is 37.7 Å². The van der Waals surface area contributed by atoms with E-state index >= 15 is 0 Å². The van der Waals surface area contributed by atoms with Crippen LogP contribution >= 0.6 is 23.2 Å². The number of methoxy groups -OCH3 is 2. The Hall–Kier alpha value is -3.78. The number of halogens is 2. The smallest absolute Gasteiger partial charge is 0.231 e. The quantitative estimate of drug-likeness (QED) is 0.132. The van der Waals surface area contributed by atoms with Gasteiger partial charge < -0.3 is 24.8 Å². The molecule has 0 heterocycles. The Balaban J connectivity index is 1.88. The van der Waals surface area contributed by atoms with Crippen LogP contribution in [0, 0.1) is 0 Å². The van der Waals surface area contributed by atoms with Crippen LogP contribution in [0.25, 0.3) is 11.5 Å². The number of ketones is 2. The molecule has 0 saturated heterocycles. The van der Waals surface area contributed by atoms with Crippen molar-refractivity contribution < 1.29 is 34.4 Å². The summed E-state index contributed by atoms with van der Waals surface area (Å²) < 4.78 is 10.7. The molecule has 214 valence electrons. The molecule has 0 spiro atoms. The zero-order valence-corrected chi connectivity index (χ0v) is 24.1. The highest BCUT2D eigenvalue weighted by Crippen LogP contribution is 2.40. The van der Waals surface area contributed by atoms with Gasteiger partial charge in [-0.1, -0.05) is 78.9 Å². The monoisotopic (exact) mass is 596 g/mol. The minimum atomic E-state index is -1.35.